The molecule has 2 fully saturated rings. The monoisotopic (exact) mass is 347 g/mol. The van der Waals surface area contributed by atoms with Gasteiger partial charge in [0.15, 0.2) is 0 Å². The second-order valence-corrected chi connectivity index (χ2v) is 7.16. The van der Waals surface area contributed by atoms with Gasteiger partial charge in [0.1, 0.15) is 5.82 Å². The highest BCUT2D eigenvalue weighted by Gasteiger charge is 2.32. The molecule has 0 unspecified atom stereocenters. The average molecular weight is 347 g/mol. The molecule has 2 amide bonds. The third kappa shape index (κ3) is 4.57. The Morgan fingerprint density at radius 3 is 2.52 bits per heavy atom. The summed E-state index contributed by atoms with van der Waals surface area (Å²) in [6, 6.07) is 6.58. The summed E-state index contributed by atoms with van der Waals surface area (Å²) >= 11 is 0. The third-order valence-electron chi connectivity index (χ3n) is 5.19. The average Bonchev–Trinajstić information content (AvgIpc) is 2.92. The maximum absolute atomic E-state index is 13.2. The summed E-state index contributed by atoms with van der Waals surface area (Å²) in [5.74, 6) is -0.291. The SMILES string of the molecule is C[C@@H]1CC(=O)NN1CC(=O)N(Cc1ccc(F)cc1)C1CCCCC1. The van der Waals surface area contributed by atoms with E-state index in [1.54, 1.807) is 17.1 Å². The van der Waals surface area contributed by atoms with Crippen LogP contribution in [-0.4, -0.2) is 40.4 Å². The first-order valence-electron chi connectivity index (χ1n) is 9.13. The van der Waals surface area contributed by atoms with Gasteiger partial charge in [-0.3, -0.25) is 15.0 Å². The van der Waals surface area contributed by atoms with E-state index in [1.807, 2.05) is 11.8 Å². The van der Waals surface area contributed by atoms with Crippen LogP contribution >= 0.6 is 0 Å². The maximum atomic E-state index is 13.2. The third-order valence-corrected chi connectivity index (χ3v) is 5.19. The summed E-state index contributed by atoms with van der Waals surface area (Å²) in [5.41, 5.74) is 3.69. The Hall–Kier alpha value is -1.95. The van der Waals surface area contributed by atoms with E-state index in [1.165, 1.54) is 18.6 Å². The second kappa shape index (κ2) is 7.95. The van der Waals surface area contributed by atoms with Gasteiger partial charge >= 0.3 is 0 Å². The van der Waals surface area contributed by atoms with Crippen LogP contribution < -0.4 is 5.43 Å². The lowest BCUT2D eigenvalue weighted by Gasteiger charge is -2.36. The molecule has 0 aromatic heterocycles. The lowest BCUT2D eigenvalue weighted by atomic mass is 9.93. The predicted octanol–water partition coefficient (Wildman–Crippen LogP) is 2.61. The highest BCUT2D eigenvalue weighted by atomic mass is 19.1. The van der Waals surface area contributed by atoms with Crippen LogP contribution in [0.4, 0.5) is 4.39 Å². The lowest BCUT2D eigenvalue weighted by Crippen LogP contribution is -2.49. The number of halogens is 1. The molecule has 1 aromatic carbocycles. The highest BCUT2D eigenvalue weighted by Crippen LogP contribution is 2.25. The van der Waals surface area contributed by atoms with Crippen molar-refractivity contribution in [1.29, 1.82) is 0 Å². The van der Waals surface area contributed by atoms with Crippen molar-refractivity contribution in [3.8, 4) is 0 Å². The molecular weight excluding hydrogens is 321 g/mol. The zero-order valence-electron chi connectivity index (χ0n) is 14.7. The van der Waals surface area contributed by atoms with Crippen LogP contribution in [0.1, 0.15) is 51.0 Å². The van der Waals surface area contributed by atoms with Gasteiger partial charge in [-0.1, -0.05) is 31.4 Å². The minimum atomic E-state index is -0.270. The Morgan fingerprint density at radius 2 is 1.92 bits per heavy atom. The smallest absolute Gasteiger partial charge is 0.239 e. The highest BCUT2D eigenvalue weighted by molar-refractivity contribution is 5.82. The Morgan fingerprint density at radius 1 is 1.24 bits per heavy atom. The fourth-order valence-electron chi connectivity index (χ4n) is 3.73. The van der Waals surface area contributed by atoms with Crippen LogP contribution in [0.25, 0.3) is 0 Å². The molecule has 5 nitrogen and oxygen atoms in total. The number of amides is 2. The first kappa shape index (κ1) is 17.9. The van der Waals surface area contributed by atoms with Gasteiger partial charge < -0.3 is 4.90 Å². The maximum Gasteiger partial charge on any atom is 0.239 e. The molecule has 3 rings (SSSR count). The van der Waals surface area contributed by atoms with Gasteiger partial charge in [0.05, 0.1) is 6.54 Å². The van der Waals surface area contributed by atoms with Crippen LogP contribution in [0.5, 0.6) is 0 Å². The van der Waals surface area contributed by atoms with E-state index in [0.29, 0.717) is 13.0 Å². The number of hydrogen-bond acceptors (Lipinski definition) is 3. The summed E-state index contributed by atoms with van der Waals surface area (Å²) in [4.78, 5) is 26.4. The van der Waals surface area contributed by atoms with Crippen molar-refractivity contribution in [2.75, 3.05) is 6.54 Å². The molecule has 1 heterocycles. The number of nitrogens with one attached hydrogen (secondary N) is 1. The summed E-state index contributed by atoms with van der Waals surface area (Å²) < 4.78 is 13.2. The quantitative estimate of drug-likeness (QED) is 0.891. The van der Waals surface area contributed by atoms with E-state index >= 15 is 0 Å². The van der Waals surface area contributed by atoms with E-state index in [-0.39, 0.29) is 36.3 Å². The van der Waals surface area contributed by atoms with Crippen molar-refractivity contribution in [2.24, 2.45) is 0 Å². The van der Waals surface area contributed by atoms with Gasteiger partial charge in [-0.05, 0) is 37.5 Å². The molecule has 1 saturated carbocycles. The fraction of sp³-hybridized carbons (Fsp3) is 0.579. The summed E-state index contributed by atoms with van der Waals surface area (Å²) in [6.07, 6.45) is 5.93. The Kier molecular flexibility index (Phi) is 5.68. The molecule has 1 N–H and O–H groups in total. The number of nitrogens with zero attached hydrogens (tertiary/aromatic N) is 2. The number of carbonyl (C=O) groups excluding carboxylic acids is 2. The van der Waals surface area contributed by atoms with Crippen LogP contribution in [0.15, 0.2) is 24.3 Å². The molecule has 0 radical (unpaired) electrons. The molecule has 1 aliphatic heterocycles. The van der Waals surface area contributed by atoms with Crippen LogP contribution in [0.2, 0.25) is 0 Å². The normalized spacial score (nSPS) is 22.0. The van der Waals surface area contributed by atoms with Gasteiger partial charge in [-0.15, -0.1) is 0 Å². The zero-order chi connectivity index (χ0) is 17.8. The lowest BCUT2D eigenvalue weighted by molar-refractivity contribution is -0.137. The minimum absolute atomic E-state index is 0.0188. The molecule has 136 valence electrons. The van der Waals surface area contributed by atoms with Crippen molar-refractivity contribution < 1.29 is 14.0 Å². The minimum Gasteiger partial charge on any atom is -0.334 e. The summed E-state index contributed by atoms with van der Waals surface area (Å²) in [6.45, 7) is 2.61. The number of hydrazine groups is 1. The van der Waals surface area contributed by atoms with Gasteiger partial charge in [0.2, 0.25) is 11.8 Å². The van der Waals surface area contributed by atoms with E-state index < -0.39 is 0 Å². The van der Waals surface area contributed by atoms with Gasteiger partial charge in [-0.25, -0.2) is 9.40 Å². The van der Waals surface area contributed by atoms with Gasteiger partial charge in [-0.2, -0.15) is 0 Å². The number of rotatable bonds is 5. The van der Waals surface area contributed by atoms with E-state index in [9.17, 15) is 14.0 Å². The Bertz CT molecular complexity index is 614. The zero-order valence-corrected chi connectivity index (χ0v) is 14.7. The van der Waals surface area contributed by atoms with Crippen LogP contribution in [-0.2, 0) is 16.1 Å². The van der Waals surface area contributed by atoms with Crippen molar-refractivity contribution in [1.82, 2.24) is 15.3 Å². The van der Waals surface area contributed by atoms with Crippen LogP contribution in [0, 0.1) is 5.82 Å². The number of carbonyl (C=O) groups is 2. The van der Waals surface area contributed by atoms with E-state index in [4.69, 9.17) is 0 Å². The molecule has 0 bridgehead atoms. The molecule has 1 atom stereocenters. The Labute approximate surface area is 148 Å². The summed E-state index contributed by atoms with van der Waals surface area (Å²) in [7, 11) is 0. The molecule has 1 saturated heterocycles. The van der Waals surface area contributed by atoms with Crippen molar-refractivity contribution in [2.45, 2.75) is 64.1 Å². The van der Waals surface area contributed by atoms with Crippen LogP contribution in [0.3, 0.4) is 0 Å². The molecule has 2 aliphatic rings. The molecule has 25 heavy (non-hydrogen) atoms. The second-order valence-electron chi connectivity index (χ2n) is 7.16. The van der Waals surface area contributed by atoms with E-state index in [0.717, 1.165) is 31.2 Å². The first-order chi connectivity index (χ1) is 12.0. The first-order valence-corrected chi connectivity index (χ1v) is 9.13. The van der Waals surface area contributed by atoms with Crippen molar-refractivity contribution in [3.63, 3.8) is 0 Å². The fourth-order valence-corrected chi connectivity index (χ4v) is 3.73. The standard InChI is InChI=1S/C19H26FN3O2/c1-14-11-18(24)21-23(14)13-19(25)22(17-5-3-2-4-6-17)12-15-7-9-16(20)10-8-15/h7-10,14,17H,2-6,11-13H2,1H3,(H,21,24)/t14-/m1/s1. The number of benzene rings is 1. The molecule has 1 aromatic rings. The predicted molar refractivity (Wildman–Crippen MR) is 92.8 cm³/mol. The van der Waals surface area contributed by atoms with Crippen molar-refractivity contribution in [3.05, 3.63) is 35.6 Å². The molecule has 6 heteroatoms. The van der Waals surface area contributed by atoms with E-state index in [2.05, 4.69) is 5.43 Å². The molecular formula is C19H26FN3O2. The molecule has 0 spiro atoms. The summed E-state index contributed by atoms with van der Waals surface area (Å²) in [5, 5.41) is 1.73. The van der Waals surface area contributed by atoms with Crippen molar-refractivity contribution >= 4 is 11.8 Å². The topological polar surface area (TPSA) is 52.7 Å². The Balaban J connectivity index is 1.71. The van der Waals surface area contributed by atoms with Gasteiger partial charge in [0.25, 0.3) is 0 Å². The largest absolute Gasteiger partial charge is 0.334 e. The number of hydrogen-bond donors (Lipinski definition) is 1. The molecule has 1 aliphatic carbocycles. The van der Waals surface area contributed by atoms with Gasteiger partial charge in [0, 0.05) is 25.0 Å².